The van der Waals surface area contributed by atoms with Crippen molar-refractivity contribution in [3.05, 3.63) is 37.0 Å². The van der Waals surface area contributed by atoms with Crippen molar-refractivity contribution in [2.75, 3.05) is 20.3 Å². The summed E-state index contributed by atoms with van der Waals surface area (Å²) >= 11 is 0. The summed E-state index contributed by atoms with van der Waals surface area (Å²) in [6, 6.07) is 0. The number of rotatable bonds is 7. The summed E-state index contributed by atoms with van der Waals surface area (Å²) in [4.78, 5) is 0. The van der Waals surface area contributed by atoms with Crippen LogP contribution >= 0.6 is 0 Å². The van der Waals surface area contributed by atoms with E-state index in [2.05, 4.69) is 24.6 Å². The Bertz CT molecular complexity index is 345. The molecule has 0 heterocycles. The van der Waals surface area contributed by atoms with Gasteiger partial charge < -0.3 is 10.1 Å². The summed E-state index contributed by atoms with van der Waals surface area (Å²) < 4.78 is 5.15. The molecule has 2 nitrogen and oxygen atoms in total. The summed E-state index contributed by atoms with van der Waals surface area (Å²) in [6.45, 7) is 9.61. The Morgan fingerprint density at radius 2 is 1.79 bits per heavy atom. The van der Waals surface area contributed by atoms with Gasteiger partial charge in [0, 0.05) is 19.2 Å². The van der Waals surface area contributed by atoms with E-state index >= 15 is 0 Å². The van der Waals surface area contributed by atoms with Gasteiger partial charge in [0.2, 0.25) is 0 Å². The number of ether oxygens (including phenoxy) is 1. The Hall–Kier alpha value is -0.860. The maximum atomic E-state index is 5.15. The van der Waals surface area contributed by atoms with Crippen LogP contribution in [0.4, 0.5) is 0 Å². The number of hydrogen-bond acceptors (Lipinski definition) is 2. The van der Waals surface area contributed by atoms with Crippen molar-refractivity contribution in [3.63, 3.8) is 0 Å². The van der Waals surface area contributed by atoms with Gasteiger partial charge in [0.25, 0.3) is 0 Å². The van der Waals surface area contributed by atoms with E-state index in [-0.39, 0.29) is 0 Å². The molecule has 0 atom stereocenters. The molecular formula is C17H27NO. The smallest absolute Gasteiger partial charge is 0.0587 e. The lowest BCUT2D eigenvalue weighted by Gasteiger charge is -2.54. The second-order valence-corrected chi connectivity index (χ2v) is 6.04. The molecule has 2 heteroatoms. The normalized spacial score (nSPS) is 34.3. The van der Waals surface area contributed by atoms with Gasteiger partial charge in [-0.3, -0.25) is 0 Å². The zero-order valence-corrected chi connectivity index (χ0v) is 12.2. The first kappa shape index (κ1) is 14.5. The van der Waals surface area contributed by atoms with Crippen LogP contribution < -0.4 is 5.32 Å². The Morgan fingerprint density at radius 1 is 1.16 bits per heavy atom. The first-order chi connectivity index (χ1) is 9.20. The molecule has 0 unspecified atom stereocenters. The van der Waals surface area contributed by atoms with E-state index in [9.17, 15) is 0 Å². The molecule has 0 radical (unpaired) electrons. The third-order valence-electron chi connectivity index (χ3n) is 5.18. The molecule has 1 N–H and O–H groups in total. The van der Waals surface area contributed by atoms with Crippen molar-refractivity contribution in [2.45, 2.75) is 44.1 Å². The average molecular weight is 261 g/mol. The van der Waals surface area contributed by atoms with Crippen LogP contribution in [0.25, 0.3) is 0 Å². The molecule has 3 fully saturated rings. The minimum atomic E-state index is 0.376. The van der Waals surface area contributed by atoms with E-state index in [1.807, 2.05) is 12.2 Å². The predicted octanol–water partition coefficient (Wildman–Crippen LogP) is 3.61. The monoisotopic (exact) mass is 261 g/mol. The van der Waals surface area contributed by atoms with E-state index in [0.717, 1.165) is 13.2 Å². The van der Waals surface area contributed by atoms with Gasteiger partial charge in [0.05, 0.1) is 6.61 Å². The highest BCUT2D eigenvalue weighted by atomic mass is 16.5. The topological polar surface area (TPSA) is 21.3 Å². The average Bonchev–Trinajstić information content (AvgIpc) is 2.47. The van der Waals surface area contributed by atoms with Gasteiger partial charge in [0.1, 0.15) is 0 Å². The fourth-order valence-electron chi connectivity index (χ4n) is 3.89. The van der Waals surface area contributed by atoms with Crippen LogP contribution in [0, 0.1) is 5.41 Å². The lowest BCUT2D eigenvalue weighted by Crippen LogP contribution is -2.55. The van der Waals surface area contributed by atoms with Gasteiger partial charge in [-0.05, 0) is 49.5 Å². The van der Waals surface area contributed by atoms with Crippen LogP contribution in [0.1, 0.15) is 38.5 Å². The van der Waals surface area contributed by atoms with Crippen molar-refractivity contribution in [2.24, 2.45) is 5.41 Å². The van der Waals surface area contributed by atoms with E-state index in [1.165, 1.54) is 44.1 Å². The number of methoxy groups -OCH3 is 1. The van der Waals surface area contributed by atoms with Crippen LogP contribution in [-0.4, -0.2) is 25.8 Å². The van der Waals surface area contributed by atoms with Crippen molar-refractivity contribution < 1.29 is 4.74 Å². The molecule has 3 saturated carbocycles. The first-order valence-electron chi connectivity index (χ1n) is 7.40. The standard InChI is InChI=1S/C17H27NO/c1-4-6-15(5-2)16-7-10-17(11-8-16,12-9-16)18-13-14-19-3/h4-6,18H,1-2,7-14H2,3H3/b15-6+. The fraction of sp³-hybridized carbons (Fsp3) is 0.647. The van der Waals surface area contributed by atoms with Crippen LogP contribution in [0.2, 0.25) is 0 Å². The highest BCUT2D eigenvalue weighted by Gasteiger charge is 2.49. The zero-order chi connectivity index (χ0) is 13.8. The largest absolute Gasteiger partial charge is 0.383 e. The quantitative estimate of drug-likeness (QED) is 0.558. The number of nitrogens with one attached hydrogen (secondary N) is 1. The molecule has 0 amide bonds. The third-order valence-corrected chi connectivity index (χ3v) is 5.18. The number of fused-ring (bicyclic) bond motifs is 3. The van der Waals surface area contributed by atoms with Gasteiger partial charge >= 0.3 is 0 Å². The van der Waals surface area contributed by atoms with Crippen LogP contribution in [0.5, 0.6) is 0 Å². The SMILES string of the molecule is C=C/C=C(\C=C)C12CCC(NCCOC)(CC1)CC2. The van der Waals surface area contributed by atoms with E-state index < -0.39 is 0 Å². The predicted molar refractivity (Wildman–Crippen MR) is 81.2 cm³/mol. The lowest BCUT2D eigenvalue weighted by molar-refractivity contribution is 0.0466. The second-order valence-electron chi connectivity index (χ2n) is 6.04. The Kier molecular flexibility index (Phi) is 4.64. The van der Waals surface area contributed by atoms with Crippen LogP contribution in [0.3, 0.4) is 0 Å². The van der Waals surface area contributed by atoms with Crippen LogP contribution in [0.15, 0.2) is 37.0 Å². The van der Waals surface area contributed by atoms with Crippen LogP contribution in [-0.2, 0) is 4.74 Å². The Morgan fingerprint density at radius 3 is 2.26 bits per heavy atom. The summed E-state index contributed by atoms with van der Waals surface area (Å²) in [5, 5.41) is 3.74. The Balaban J connectivity index is 2.02. The molecule has 3 aliphatic rings. The Labute approximate surface area is 117 Å². The summed E-state index contributed by atoms with van der Waals surface area (Å²) in [5.74, 6) is 0. The summed E-state index contributed by atoms with van der Waals surface area (Å²) in [6.07, 6.45) is 13.8. The van der Waals surface area contributed by atoms with Crippen molar-refractivity contribution in [1.82, 2.24) is 5.32 Å². The minimum absolute atomic E-state index is 0.376. The molecule has 2 bridgehead atoms. The molecule has 0 spiro atoms. The first-order valence-corrected chi connectivity index (χ1v) is 7.40. The molecule has 0 saturated heterocycles. The highest BCUT2D eigenvalue weighted by molar-refractivity contribution is 5.31. The van der Waals surface area contributed by atoms with Crippen molar-refractivity contribution in [1.29, 1.82) is 0 Å². The van der Waals surface area contributed by atoms with Gasteiger partial charge in [-0.15, -0.1) is 0 Å². The molecular weight excluding hydrogens is 234 g/mol. The molecule has 106 valence electrons. The molecule has 3 rings (SSSR count). The highest BCUT2D eigenvalue weighted by Crippen LogP contribution is 2.56. The minimum Gasteiger partial charge on any atom is -0.383 e. The molecule has 0 aromatic carbocycles. The van der Waals surface area contributed by atoms with E-state index in [4.69, 9.17) is 4.74 Å². The number of allylic oxidation sites excluding steroid dienone is 4. The number of hydrogen-bond donors (Lipinski definition) is 1. The van der Waals surface area contributed by atoms with Gasteiger partial charge in [-0.1, -0.05) is 31.4 Å². The molecule has 3 aliphatic carbocycles. The van der Waals surface area contributed by atoms with E-state index in [0.29, 0.717) is 11.0 Å². The summed E-state index contributed by atoms with van der Waals surface area (Å²) in [7, 11) is 1.77. The maximum Gasteiger partial charge on any atom is 0.0587 e. The molecule has 0 aromatic heterocycles. The molecule has 0 aromatic rings. The van der Waals surface area contributed by atoms with Gasteiger partial charge in [0.15, 0.2) is 0 Å². The van der Waals surface area contributed by atoms with Crippen molar-refractivity contribution in [3.8, 4) is 0 Å². The summed E-state index contributed by atoms with van der Waals surface area (Å²) in [5.41, 5.74) is 2.15. The van der Waals surface area contributed by atoms with Gasteiger partial charge in [-0.25, -0.2) is 0 Å². The maximum absolute atomic E-state index is 5.15. The third kappa shape index (κ3) is 2.85. The fourth-order valence-corrected chi connectivity index (χ4v) is 3.89. The second kappa shape index (κ2) is 6.06. The molecule has 19 heavy (non-hydrogen) atoms. The zero-order valence-electron chi connectivity index (χ0n) is 12.2. The van der Waals surface area contributed by atoms with E-state index in [1.54, 1.807) is 7.11 Å². The van der Waals surface area contributed by atoms with Gasteiger partial charge in [-0.2, -0.15) is 0 Å². The van der Waals surface area contributed by atoms with Crippen molar-refractivity contribution >= 4 is 0 Å². The lowest BCUT2D eigenvalue weighted by atomic mass is 9.54. The molecule has 0 aliphatic heterocycles.